The largest absolute Gasteiger partial charge is 0.369 e. The highest BCUT2D eigenvalue weighted by molar-refractivity contribution is 5.77. The average molecular weight is 226 g/mol. The maximum atomic E-state index is 11.3. The molecule has 0 bridgehead atoms. The van der Waals surface area contributed by atoms with Crippen LogP contribution in [-0.2, 0) is 4.79 Å². The normalized spacial score (nSPS) is 27.6. The molecule has 16 heavy (non-hydrogen) atoms. The Labute approximate surface area is 99.2 Å². The van der Waals surface area contributed by atoms with Crippen LogP contribution in [0.15, 0.2) is 0 Å². The molecule has 1 aliphatic rings. The number of rotatable bonds is 6. The second-order valence-corrected chi connectivity index (χ2v) is 5.20. The summed E-state index contributed by atoms with van der Waals surface area (Å²) in [6.07, 6.45) is 6.93. The molecule has 3 N–H and O–H groups in total. The SMILES string of the molecule is CCCC(C)CNC1CCCCC1C(N)=O. The summed E-state index contributed by atoms with van der Waals surface area (Å²) in [7, 11) is 0. The molecule has 3 heteroatoms. The summed E-state index contributed by atoms with van der Waals surface area (Å²) in [5.74, 6) is 0.628. The Kier molecular flexibility index (Phi) is 5.81. The zero-order valence-corrected chi connectivity index (χ0v) is 10.7. The lowest BCUT2D eigenvalue weighted by Crippen LogP contribution is -2.45. The fourth-order valence-electron chi connectivity index (χ4n) is 2.66. The van der Waals surface area contributed by atoms with Crippen LogP contribution in [0.3, 0.4) is 0 Å². The van der Waals surface area contributed by atoms with Crippen LogP contribution in [0.5, 0.6) is 0 Å². The maximum Gasteiger partial charge on any atom is 0.222 e. The summed E-state index contributed by atoms with van der Waals surface area (Å²) < 4.78 is 0. The molecule has 0 aromatic carbocycles. The highest BCUT2D eigenvalue weighted by atomic mass is 16.1. The number of carbonyl (C=O) groups is 1. The van der Waals surface area contributed by atoms with Gasteiger partial charge in [-0.1, -0.05) is 33.1 Å². The van der Waals surface area contributed by atoms with E-state index in [1.165, 1.54) is 19.3 Å². The molecule has 94 valence electrons. The Morgan fingerprint density at radius 3 is 2.75 bits per heavy atom. The number of amides is 1. The molecule has 3 unspecified atom stereocenters. The molecule has 1 saturated carbocycles. The molecule has 0 aromatic heterocycles. The molecule has 1 rings (SSSR count). The van der Waals surface area contributed by atoms with Crippen molar-refractivity contribution in [1.29, 1.82) is 0 Å². The quantitative estimate of drug-likeness (QED) is 0.728. The number of carbonyl (C=O) groups excluding carboxylic acids is 1. The molecule has 1 fully saturated rings. The highest BCUT2D eigenvalue weighted by Gasteiger charge is 2.28. The Balaban J connectivity index is 2.35. The van der Waals surface area contributed by atoms with E-state index in [1.54, 1.807) is 0 Å². The van der Waals surface area contributed by atoms with Gasteiger partial charge in [0.05, 0.1) is 5.92 Å². The topological polar surface area (TPSA) is 55.1 Å². The summed E-state index contributed by atoms with van der Waals surface area (Å²) in [6.45, 7) is 5.49. The minimum absolute atomic E-state index is 0.0579. The first-order chi connectivity index (χ1) is 7.65. The third kappa shape index (κ3) is 4.12. The van der Waals surface area contributed by atoms with Crippen molar-refractivity contribution in [2.75, 3.05) is 6.54 Å². The molecule has 3 atom stereocenters. The first-order valence-electron chi connectivity index (χ1n) is 6.67. The van der Waals surface area contributed by atoms with Crippen LogP contribution in [0.4, 0.5) is 0 Å². The number of primary amides is 1. The summed E-state index contributed by atoms with van der Waals surface area (Å²) >= 11 is 0. The van der Waals surface area contributed by atoms with Crippen molar-refractivity contribution in [2.24, 2.45) is 17.6 Å². The third-order valence-corrected chi connectivity index (χ3v) is 3.64. The summed E-state index contributed by atoms with van der Waals surface area (Å²) in [5.41, 5.74) is 5.44. The molecule has 0 aromatic rings. The summed E-state index contributed by atoms with van der Waals surface area (Å²) in [6, 6.07) is 0.325. The molecule has 0 spiro atoms. The summed E-state index contributed by atoms with van der Waals surface area (Å²) in [5, 5.41) is 3.54. The lowest BCUT2D eigenvalue weighted by molar-refractivity contribution is -0.123. The van der Waals surface area contributed by atoms with E-state index in [-0.39, 0.29) is 11.8 Å². The minimum atomic E-state index is -0.125. The van der Waals surface area contributed by atoms with Crippen LogP contribution in [-0.4, -0.2) is 18.5 Å². The molecular weight excluding hydrogens is 200 g/mol. The number of hydrogen-bond acceptors (Lipinski definition) is 2. The van der Waals surface area contributed by atoms with Crippen molar-refractivity contribution in [3.05, 3.63) is 0 Å². The van der Waals surface area contributed by atoms with Crippen LogP contribution < -0.4 is 11.1 Å². The van der Waals surface area contributed by atoms with E-state index in [0.717, 1.165) is 25.8 Å². The highest BCUT2D eigenvalue weighted by Crippen LogP contribution is 2.24. The first kappa shape index (κ1) is 13.5. The lowest BCUT2D eigenvalue weighted by Gasteiger charge is -2.31. The van der Waals surface area contributed by atoms with Crippen molar-refractivity contribution < 1.29 is 4.79 Å². The predicted octanol–water partition coefficient (Wildman–Crippen LogP) is 2.06. The van der Waals surface area contributed by atoms with Crippen LogP contribution in [0.2, 0.25) is 0 Å². The molecule has 3 nitrogen and oxygen atoms in total. The van der Waals surface area contributed by atoms with E-state index in [9.17, 15) is 4.79 Å². The number of hydrogen-bond donors (Lipinski definition) is 2. The monoisotopic (exact) mass is 226 g/mol. The van der Waals surface area contributed by atoms with E-state index in [2.05, 4.69) is 19.2 Å². The van der Waals surface area contributed by atoms with Crippen LogP contribution in [0.1, 0.15) is 52.4 Å². The molecule has 0 heterocycles. The second kappa shape index (κ2) is 6.89. The second-order valence-electron chi connectivity index (χ2n) is 5.20. The fraction of sp³-hybridized carbons (Fsp3) is 0.923. The van der Waals surface area contributed by atoms with Gasteiger partial charge < -0.3 is 11.1 Å². The molecule has 1 aliphatic carbocycles. The Morgan fingerprint density at radius 1 is 1.44 bits per heavy atom. The van der Waals surface area contributed by atoms with Gasteiger partial charge in [-0.05, 0) is 31.7 Å². The average Bonchev–Trinajstić information content (AvgIpc) is 2.27. The van der Waals surface area contributed by atoms with E-state index >= 15 is 0 Å². The van der Waals surface area contributed by atoms with Crippen molar-refractivity contribution in [1.82, 2.24) is 5.32 Å². The summed E-state index contributed by atoms with van der Waals surface area (Å²) in [4.78, 5) is 11.3. The van der Waals surface area contributed by atoms with E-state index in [4.69, 9.17) is 5.73 Å². The van der Waals surface area contributed by atoms with Gasteiger partial charge in [0.15, 0.2) is 0 Å². The van der Waals surface area contributed by atoms with Crippen LogP contribution in [0, 0.1) is 11.8 Å². The van der Waals surface area contributed by atoms with Crippen LogP contribution >= 0.6 is 0 Å². The third-order valence-electron chi connectivity index (χ3n) is 3.64. The zero-order valence-electron chi connectivity index (χ0n) is 10.7. The van der Waals surface area contributed by atoms with Crippen molar-refractivity contribution >= 4 is 5.91 Å². The van der Waals surface area contributed by atoms with Crippen molar-refractivity contribution in [3.8, 4) is 0 Å². The van der Waals surface area contributed by atoms with Gasteiger partial charge in [0, 0.05) is 6.04 Å². The molecule has 0 saturated heterocycles. The minimum Gasteiger partial charge on any atom is -0.369 e. The molecule has 1 amide bonds. The van der Waals surface area contributed by atoms with E-state index in [0.29, 0.717) is 12.0 Å². The van der Waals surface area contributed by atoms with Crippen LogP contribution in [0.25, 0.3) is 0 Å². The Morgan fingerprint density at radius 2 is 2.12 bits per heavy atom. The van der Waals surface area contributed by atoms with Gasteiger partial charge >= 0.3 is 0 Å². The van der Waals surface area contributed by atoms with Crippen molar-refractivity contribution in [2.45, 2.75) is 58.4 Å². The van der Waals surface area contributed by atoms with E-state index in [1.807, 2.05) is 0 Å². The van der Waals surface area contributed by atoms with Gasteiger partial charge in [0.25, 0.3) is 0 Å². The fourth-order valence-corrected chi connectivity index (χ4v) is 2.66. The van der Waals surface area contributed by atoms with Gasteiger partial charge in [0.1, 0.15) is 0 Å². The number of nitrogens with one attached hydrogen (secondary N) is 1. The maximum absolute atomic E-state index is 11.3. The van der Waals surface area contributed by atoms with Gasteiger partial charge in [-0.25, -0.2) is 0 Å². The van der Waals surface area contributed by atoms with Gasteiger partial charge in [0.2, 0.25) is 5.91 Å². The Bertz CT molecular complexity index is 218. The van der Waals surface area contributed by atoms with Gasteiger partial charge in [-0.15, -0.1) is 0 Å². The smallest absolute Gasteiger partial charge is 0.222 e. The lowest BCUT2D eigenvalue weighted by atomic mass is 9.84. The zero-order chi connectivity index (χ0) is 12.0. The Hall–Kier alpha value is -0.570. The van der Waals surface area contributed by atoms with Gasteiger partial charge in [-0.2, -0.15) is 0 Å². The molecule has 0 aliphatic heterocycles. The van der Waals surface area contributed by atoms with Gasteiger partial charge in [-0.3, -0.25) is 4.79 Å². The molecular formula is C13H26N2O. The number of nitrogens with two attached hydrogens (primary N) is 1. The standard InChI is InChI=1S/C13H26N2O/c1-3-6-10(2)9-15-12-8-5-4-7-11(12)13(14)16/h10-12,15H,3-9H2,1-2H3,(H2,14,16). The molecule has 0 radical (unpaired) electrons. The predicted molar refractivity (Wildman–Crippen MR) is 67.0 cm³/mol. The first-order valence-corrected chi connectivity index (χ1v) is 6.67. The van der Waals surface area contributed by atoms with Crippen molar-refractivity contribution in [3.63, 3.8) is 0 Å². The van der Waals surface area contributed by atoms with E-state index < -0.39 is 0 Å².